The summed E-state index contributed by atoms with van der Waals surface area (Å²) in [6.45, 7) is 3.54. The number of aliphatic hydroxyl groups is 1. The van der Waals surface area contributed by atoms with Crippen LogP contribution in [0.5, 0.6) is 0 Å². The van der Waals surface area contributed by atoms with Gasteiger partial charge in [0, 0.05) is 13.2 Å². The topological polar surface area (TPSA) is 61.4 Å². The molecule has 0 saturated carbocycles. The van der Waals surface area contributed by atoms with E-state index in [1.54, 1.807) is 0 Å². The van der Waals surface area contributed by atoms with Gasteiger partial charge in [-0.1, -0.05) is 13.3 Å². The maximum Gasteiger partial charge on any atom is 0.237 e. The van der Waals surface area contributed by atoms with Crippen molar-refractivity contribution in [2.75, 3.05) is 19.7 Å². The van der Waals surface area contributed by atoms with Gasteiger partial charge in [-0.3, -0.25) is 4.79 Å². The molecule has 2 atom stereocenters. The molecule has 1 amide bonds. The Morgan fingerprint density at radius 3 is 3.00 bits per heavy atom. The van der Waals surface area contributed by atoms with Gasteiger partial charge >= 0.3 is 0 Å². The predicted octanol–water partition coefficient (Wildman–Crippen LogP) is -0.127. The van der Waals surface area contributed by atoms with Gasteiger partial charge in [0.1, 0.15) is 0 Å². The highest BCUT2D eigenvalue weighted by molar-refractivity contribution is 5.81. The highest BCUT2D eigenvalue weighted by atomic mass is 16.3. The van der Waals surface area contributed by atoms with Crippen LogP contribution in [0.1, 0.15) is 26.2 Å². The Balaban J connectivity index is 2.19. The predicted molar refractivity (Wildman–Crippen MR) is 54.9 cm³/mol. The van der Waals surface area contributed by atoms with E-state index in [4.69, 9.17) is 5.11 Å². The molecule has 2 unspecified atom stereocenters. The lowest BCUT2D eigenvalue weighted by molar-refractivity contribution is -0.123. The van der Waals surface area contributed by atoms with E-state index in [1.807, 2.05) is 6.92 Å². The summed E-state index contributed by atoms with van der Waals surface area (Å²) in [5.74, 6) is 0.215. The van der Waals surface area contributed by atoms with Crippen LogP contribution in [0.15, 0.2) is 0 Å². The lowest BCUT2D eigenvalue weighted by Gasteiger charge is -2.23. The Morgan fingerprint density at radius 2 is 2.43 bits per heavy atom. The van der Waals surface area contributed by atoms with Crippen molar-refractivity contribution in [1.82, 2.24) is 10.6 Å². The molecule has 0 radical (unpaired) electrons. The number of carbonyl (C=O) groups is 1. The van der Waals surface area contributed by atoms with Crippen LogP contribution in [0.2, 0.25) is 0 Å². The summed E-state index contributed by atoms with van der Waals surface area (Å²) in [6.07, 6.45) is 3.22. The van der Waals surface area contributed by atoms with Crippen molar-refractivity contribution in [3.63, 3.8) is 0 Å². The largest absolute Gasteiger partial charge is 0.396 e. The van der Waals surface area contributed by atoms with Gasteiger partial charge < -0.3 is 15.7 Å². The van der Waals surface area contributed by atoms with Crippen LogP contribution in [0.4, 0.5) is 0 Å². The molecule has 0 aliphatic carbocycles. The quantitative estimate of drug-likeness (QED) is 0.592. The molecule has 0 bridgehead atoms. The second-order valence-electron chi connectivity index (χ2n) is 4.04. The third-order valence-electron chi connectivity index (χ3n) is 2.56. The fourth-order valence-corrected chi connectivity index (χ4v) is 1.54. The van der Waals surface area contributed by atoms with Gasteiger partial charge in [0.2, 0.25) is 5.91 Å². The number of aliphatic hydroxyl groups excluding tert-OH is 1. The molecule has 0 aromatic carbocycles. The lowest BCUT2D eigenvalue weighted by Crippen LogP contribution is -2.47. The first kappa shape index (κ1) is 11.5. The molecule has 1 aliphatic rings. The van der Waals surface area contributed by atoms with E-state index in [0.717, 1.165) is 25.8 Å². The van der Waals surface area contributed by atoms with E-state index >= 15 is 0 Å². The van der Waals surface area contributed by atoms with Crippen LogP contribution >= 0.6 is 0 Å². The van der Waals surface area contributed by atoms with Gasteiger partial charge in [-0.15, -0.1) is 0 Å². The molecule has 4 heteroatoms. The number of rotatable bonds is 4. The average molecular weight is 200 g/mol. The molecule has 4 nitrogen and oxygen atoms in total. The Hall–Kier alpha value is -0.610. The second kappa shape index (κ2) is 5.98. The van der Waals surface area contributed by atoms with Gasteiger partial charge in [0.15, 0.2) is 0 Å². The lowest BCUT2D eigenvalue weighted by atomic mass is 10.0. The van der Waals surface area contributed by atoms with E-state index in [2.05, 4.69) is 10.6 Å². The van der Waals surface area contributed by atoms with Gasteiger partial charge in [-0.05, 0) is 25.3 Å². The zero-order chi connectivity index (χ0) is 10.4. The highest BCUT2D eigenvalue weighted by Crippen LogP contribution is 2.06. The molecule has 1 rings (SSSR count). The number of amides is 1. The minimum atomic E-state index is -0.0188. The second-order valence-corrected chi connectivity index (χ2v) is 4.04. The van der Waals surface area contributed by atoms with Crippen molar-refractivity contribution in [1.29, 1.82) is 0 Å². The summed E-state index contributed by atoms with van der Waals surface area (Å²) < 4.78 is 0. The van der Waals surface area contributed by atoms with Crippen LogP contribution < -0.4 is 10.6 Å². The number of hydrogen-bond acceptors (Lipinski definition) is 3. The summed E-state index contributed by atoms with van der Waals surface area (Å²) in [7, 11) is 0. The van der Waals surface area contributed by atoms with Crippen molar-refractivity contribution in [2.45, 2.75) is 32.2 Å². The minimum absolute atomic E-state index is 0.0188. The van der Waals surface area contributed by atoms with Crippen molar-refractivity contribution in [3.05, 3.63) is 0 Å². The molecule has 3 N–H and O–H groups in total. The number of carbonyl (C=O) groups excluding carboxylic acids is 1. The third-order valence-corrected chi connectivity index (χ3v) is 2.56. The maximum atomic E-state index is 11.6. The summed E-state index contributed by atoms with van der Waals surface area (Å²) in [5.41, 5.74) is 0. The van der Waals surface area contributed by atoms with Gasteiger partial charge in [-0.2, -0.15) is 0 Å². The SMILES string of the molecule is CC(CO)CNC(=O)C1CCCCN1. The Kier molecular flexibility index (Phi) is 4.90. The molecule has 1 aliphatic heterocycles. The molecular weight excluding hydrogens is 180 g/mol. The van der Waals surface area contributed by atoms with Gasteiger partial charge in [0.25, 0.3) is 0 Å². The first-order valence-corrected chi connectivity index (χ1v) is 5.36. The molecule has 0 aromatic heterocycles. The zero-order valence-corrected chi connectivity index (χ0v) is 8.75. The van der Waals surface area contributed by atoms with Crippen molar-refractivity contribution < 1.29 is 9.90 Å². The number of hydrogen-bond donors (Lipinski definition) is 3. The van der Waals surface area contributed by atoms with Crippen molar-refractivity contribution in [2.24, 2.45) is 5.92 Å². The molecule has 1 heterocycles. The van der Waals surface area contributed by atoms with Gasteiger partial charge in [-0.25, -0.2) is 0 Å². The Morgan fingerprint density at radius 1 is 1.64 bits per heavy atom. The standard InChI is InChI=1S/C10H20N2O2/c1-8(7-13)6-12-10(14)9-4-2-3-5-11-9/h8-9,11,13H,2-7H2,1H3,(H,12,14). The normalized spacial score (nSPS) is 24.3. The molecular formula is C10H20N2O2. The molecule has 82 valence electrons. The van der Waals surface area contributed by atoms with E-state index in [-0.39, 0.29) is 24.5 Å². The van der Waals surface area contributed by atoms with Crippen LogP contribution in [0.25, 0.3) is 0 Å². The van der Waals surface area contributed by atoms with Gasteiger partial charge in [0.05, 0.1) is 6.04 Å². The van der Waals surface area contributed by atoms with E-state index in [9.17, 15) is 4.79 Å². The monoisotopic (exact) mass is 200 g/mol. The van der Waals surface area contributed by atoms with Crippen molar-refractivity contribution in [3.8, 4) is 0 Å². The summed E-state index contributed by atoms with van der Waals surface area (Å²) in [4.78, 5) is 11.6. The smallest absolute Gasteiger partial charge is 0.237 e. The zero-order valence-electron chi connectivity index (χ0n) is 8.75. The molecule has 0 spiro atoms. The molecule has 1 saturated heterocycles. The fraction of sp³-hybridized carbons (Fsp3) is 0.900. The van der Waals surface area contributed by atoms with E-state index in [1.165, 1.54) is 0 Å². The van der Waals surface area contributed by atoms with Crippen LogP contribution in [-0.4, -0.2) is 36.8 Å². The average Bonchev–Trinajstić information content (AvgIpc) is 2.26. The maximum absolute atomic E-state index is 11.6. The molecule has 1 fully saturated rings. The first-order valence-electron chi connectivity index (χ1n) is 5.36. The van der Waals surface area contributed by atoms with Crippen LogP contribution in [0.3, 0.4) is 0 Å². The Labute approximate surface area is 85.1 Å². The van der Waals surface area contributed by atoms with Crippen LogP contribution in [-0.2, 0) is 4.79 Å². The molecule has 14 heavy (non-hydrogen) atoms. The van der Waals surface area contributed by atoms with Crippen molar-refractivity contribution >= 4 is 5.91 Å². The van der Waals surface area contributed by atoms with Crippen LogP contribution in [0, 0.1) is 5.92 Å². The summed E-state index contributed by atoms with van der Waals surface area (Å²) >= 11 is 0. The van der Waals surface area contributed by atoms with E-state index < -0.39 is 0 Å². The first-order chi connectivity index (χ1) is 6.74. The highest BCUT2D eigenvalue weighted by Gasteiger charge is 2.20. The fourth-order valence-electron chi connectivity index (χ4n) is 1.54. The van der Waals surface area contributed by atoms with E-state index in [0.29, 0.717) is 6.54 Å². The summed E-state index contributed by atoms with van der Waals surface area (Å²) in [5, 5.41) is 14.8. The Bertz CT molecular complexity index is 179. The number of piperidine rings is 1. The minimum Gasteiger partial charge on any atom is -0.396 e. The molecule has 0 aromatic rings. The summed E-state index contributed by atoms with van der Waals surface area (Å²) in [6, 6.07) is -0.0188. The number of nitrogens with one attached hydrogen (secondary N) is 2. The third kappa shape index (κ3) is 3.64.